The van der Waals surface area contributed by atoms with Crippen LogP contribution in [0.4, 0.5) is 0 Å². The zero-order chi connectivity index (χ0) is 12.7. The third-order valence-electron chi connectivity index (χ3n) is 3.13. The molecule has 3 rings (SSSR count). The van der Waals surface area contributed by atoms with E-state index in [0.29, 0.717) is 6.54 Å². The fourth-order valence-electron chi connectivity index (χ4n) is 2.18. The molecule has 5 heteroatoms. The number of nitrogens with zero attached hydrogens (tertiary/aromatic N) is 3. The lowest BCUT2D eigenvalue weighted by atomic mass is 10.1. The van der Waals surface area contributed by atoms with Crippen molar-refractivity contribution in [2.24, 2.45) is 12.8 Å². The van der Waals surface area contributed by atoms with Gasteiger partial charge in [0, 0.05) is 18.3 Å². The summed E-state index contributed by atoms with van der Waals surface area (Å²) in [6, 6.07) is 6.18. The van der Waals surface area contributed by atoms with Crippen molar-refractivity contribution < 1.29 is 0 Å². The highest BCUT2D eigenvalue weighted by molar-refractivity contribution is 5.81. The molecule has 0 bridgehead atoms. The van der Waals surface area contributed by atoms with E-state index in [0.717, 1.165) is 33.8 Å². The summed E-state index contributed by atoms with van der Waals surface area (Å²) in [7, 11) is 1.99. The maximum atomic E-state index is 5.59. The first kappa shape index (κ1) is 11.0. The maximum Gasteiger partial charge on any atom is 0.120 e. The molecule has 0 saturated carbocycles. The summed E-state index contributed by atoms with van der Waals surface area (Å²) in [6.07, 6.45) is 1.82. The SMILES string of the molecule is Cc1[nH]c(CN)nc1-c1ccc2c(c1)ncn2C. The minimum absolute atomic E-state index is 0.423. The van der Waals surface area contributed by atoms with Crippen molar-refractivity contribution in [1.82, 2.24) is 19.5 Å². The third-order valence-corrected chi connectivity index (χ3v) is 3.13. The third kappa shape index (κ3) is 1.60. The molecule has 0 radical (unpaired) electrons. The second-order valence-corrected chi connectivity index (χ2v) is 4.42. The van der Waals surface area contributed by atoms with Gasteiger partial charge in [-0.05, 0) is 19.1 Å². The topological polar surface area (TPSA) is 72.5 Å². The Bertz CT molecular complexity index is 707. The van der Waals surface area contributed by atoms with Crippen LogP contribution in [0.3, 0.4) is 0 Å². The largest absolute Gasteiger partial charge is 0.344 e. The average Bonchev–Trinajstić information content (AvgIpc) is 2.93. The number of H-pyrrole nitrogens is 1. The molecule has 0 unspecified atom stereocenters. The van der Waals surface area contributed by atoms with Crippen LogP contribution in [0, 0.1) is 6.92 Å². The van der Waals surface area contributed by atoms with Crippen molar-refractivity contribution in [3.8, 4) is 11.3 Å². The lowest BCUT2D eigenvalue weighted by molar-refractivity contribution is 0.944. The Morgan fingerprint density at radius 1 is 1.39 bits per heavy atom. The molecule has 0 aliphatic heterocycles. The van der Waals surface area contributed by atoms with Gasteiger partial charge in [0.15, 0.2) is 0 Å². The summed E-state index contributed by atoms with van der Waals surface area (Å²) in [5, 5.41) is 0. The molecule has 0 saturated heterocycles. The number of benzene rings is 1. The predicted molar refractivity (Wildman–Crippen MR) is 70.9 cm³/mol. The summed E-state index contributed by atoms with van der Waals surface area (Å²) in [6.45, 7) is 2.43. The minimum atomic E-state index is 0.423. The van der Waals surface area contributed by atoms with E-state index >= 15 is 0 Å². The summed E-state index contributed by atoms with van der Waals surface area (Å²) in [5.74, 6) is 0.809. The minimum Gasteiger partial charge on any atom is -0.344 e. The number of hydrogen-bond acceptors (Lipinski definition) is 3. The summed E-state index contributed by atoms with van der Waals surface area (Å²) in [4.78, 5) is 12.0. The van der Waals surface area contributed by atoms with Crippen LogP contribution in [0.25, 0.3) is 22.3 Å². The van der Waals surface area contributed by atoms with Gasteiger partial charge in [-0.3, -0.25) is 0 Å². The summed E-state index contributed by atoms with van der Waals surface area (Å²) in [5.41, 5.74) is 10.7. The van der Waals surface area contributed by atoms with Crippen molar-refractivity contribution in [3.05, 3.63) is 36.0 Å². The molecule has 0 amide bonds. The van der Waals surface area contributed by atoms with Crippen molar-refractivity contribution in [2.45, 2.75) is 13.5 Å². The van der Waals surface area contributed by atoms with Gasteiger partial charge in [-0.1, -0.05) is 6.07 Å². The van der Waals surface area contributed by atoms with Gasteiger partial charge in [0.05, 0.1) is 29.6 Å². The van der Waals surface area contributed by atoms with E-state index in [1.807, 2.05) is 24.9 Å². The number of rotatable bonds is 2. The highest BCUT2D eigenvalue weighted by atomic mass is 15.0. The van der Waals surface area contributed by atoms with Crippen LogP contribution in [0.5, 0.6) is 0 Å². The van der Waals surface area contributed by atoms with Crippen LogP contribution in [0.2, 0.25) is 0 Å². The molecule has 3 aromatic rings. The lowest BCUT2D eigenvalue weighted by Gasteiger charge is -1.99. The number of nitrogens with two attached hydrogens (primary N) is 1. The van der Waals surface area contributed by atoms with Crippen molar-refractivity contribution in [3.63, 3.8) is 0 Å². The van der Waals surface area contributed by atoms with E-state index in [4.69, 9.17) is 5.73 Å². The molecule has 2 aromatic heterocycles. The van der Waals surface area contributed by atoms with Gasteiger partial charge in [-0.2, -0.15) is 0 Å². The molecule has 0 atom stereocenters. The molecule has 0 aliphatic rings. The second kappa shape index (κ2) is 3.96. The standard InChI is InChI=1S/C13H15N5/c1-8-13(17-12(6-14)16-8)9-3-4-11-10(5-9)15-7-18(11)2/h3-5,7H,6,14H2,1-2H3,(H,16,17). The Labute approximate surface area is 105 Å². The zero-order valence-corrected chi connectivity index (χ0v) is 10.4. The Morgan fingerprint density at radius 3 is 2.94 bits per heavy atom. The van der Waals surface area contributed by atoms with Crippen LogP contribution in [-0.2, 0) is 13.6 Å². The Morgan fingerprint density at radius 2 is 2.22 bits per heavy atom. The van der Waals surface area contributed by atoms with Gasteiger partial charge in [0.2, 0.25) is 0 Å². The van der Waals surface area contributed by atoms with Gasteiger partial charge < -0.3 is 15.3 Å². The van der Waals surface area contributed by atoms with Crippen LogP contribution in [0.15, 0.2) is 24.5 Å². The number of aromatic nitrogens is 4. The smallest absolute Gasteiger partial charge is 0.120 e. The molecule has 0 aliphatic carbocycles. The highest BCUT2D eigenvalue weighted by Crippen LogP contribution is 2.24. The molecule has 3 N–H and O–H groups in total. The Kier molecular flexibility index (Phi) is 2.41. The van der Waals surface area contributed by atoms with E-state index < -0.39 is 0 Å². The number of nitrogens with one attached hydrogen (secondary N) is 1. The van der Waals surface area contributed by atoms with Crippen molar-refractivity contribution in [1.29, 1.82) is 0 Å². The normalized spacial score (nSPS) is 11.3. The van der Waals surface area contributed by atoms with Gasteiger partial charge in [0.25, 0.3) is 0 Å². The molecule has 0 fully saturated rings. The predicted octanol–water partition coefficient (Wildman–Crippen LogP) is 1.73. The van der Waals surface area contributed by atoms with Gasteiger partial charge in [-0.15, -0.1) is 0 Å². The van der Waals surface area contributed by atoms with Crippen LogP contribution >= 0.6 is 0 Å². The zero-order valence-electron chi connectivity index (χ0n) is 10.4. The molecule has 5 nitrogen and oxygen atoms in total. The van der Waals surface area contributed by atoms with Crippen molar-refractivity contribution >= 4 is 11.0 Å². The first-order chi connectivity index (χ1) is 8.69. The van der Waals surface area contributed by atoms with E-state index in [9.17, 15) is 0 Å². The molecular formula is C13H15N5. The number of imidazole rings is 2. The van der Waals surface area contributed by atoms with Gasteiger partial charge in [-0.25, -0.2) is 9.97 Å². The highest BCUT2D eigenvalue weighted by Gasteiger charge is 2.09. The number of fused-ring (bicyclic) bond motifs is 1. The Balaban J connectivity index is 2.15. The number of aromatic amines is 1. The molecule has 92 valence electrons. The van der Waals surface area contributed by atoms with Crippen LogP contribution in [0.1, 0.15) is 11.5 Å². The monoisotopic (exact) mass is 241 g/mol. The van der Waals surface area contributed by atoms with E-state index in [1.165, 1.54) is 0 Å². The lowest BCUT2D eigenvalue weighted by Crippen LogP contribution is -1.97. The Hall–Kier alpha value is -2.14. The van der Waals surface area contributed by atoms with Crippen molar-refractivity contribution in [2.75, 3.05) is 0 Å². The van der Waals surface area contributed by atoms with Gasteiger partial charge >= 0.3 is 0 Å². The van der Waals surface area contributed by atoms with Gasteiger partial charge in [0.1, 0.15) is 5.82 Å². The second-order valence-electron chi connectivity index (χ2n) is 4.42. The number of aryl methyl sites for hydroxylation is 2. The average molecular weight is 241 g/mol. The molecular weight excluding hydrogens is 226 g/mol. The first-order valence-electron chi connectivity index (χ1n) is 5.86. The van der Waals surface area contributed by atoms with E-state index in [2.05, 4.69) is 33.2 Å². The van der Waals surface area contributed by atoms with Crippen LogP contribution in [-0.4, -0.2) is 19.5 Å². The van der Waals surface area contributed by atoms with Crippen LogP contribution < -0.4 is 5.73 Å². The first-order valence-corrected chi connectivity index (χ1v) is 5.86. The van der Waals surface area contributed by atoms with E-state index in [1.54, 1.807) is 0 Å². The fraction of sp³-hybridized carbons (Fsp3) is 0.231. The summed E-state index contributed by atoms with van der Waals surface area (Å²) < 4.78 is 2.00. The number of hydrogen-bond donors (Lipinski definition) is 2. The molecule has 0 spiro atoms. The maximum absolute atomic E-state index is 5.59. The summed E-state index contributed by atoms with van der Waals surface area (Å²) >= 11 is 0. The van der Waals surface area contributed by atoms with E-state index in [-0.39, 0.29) is 0 Å². The molecule has 1 aromatic carbocycles. The quantitative estimate of drug-likeness (QED) is 0.717. The molecule has 2 heterocycles. The fourth-order valence-corrected chi connectivity index (χ4v) is 2.18. The molecule has 18 heavy (non-hydrogen) atoms.